The minimum Gasteiger partial charge on any atom is -0.367 e. The Morgan fingerprint density at radius 1 is 1.15 bits per heavy atom. The minimum absolute atomic E-state index is 0.0138. The Kier molecular flexibility index (Phi) is 4.48. The number of carbonyl (C=O) groups is 1. The quantitative estimate of drug-likeness (QED) is 0.488. The number of nitrogens with zero attached hydrogens (tertiary/aromatic N) is 1. The summed E-state index contributed by atoms with van der Waals surface area (Å²) in [6.07, 6.45) is 0. The van der Waals surface area contributed by atoms with E-state index in [0.29, 0.717) is 12.2 Å². The Morgan fingerprint density at radius 2 is 1.96 bits per heavy atom. The number of benzene rings is 2. The summed E-state index contributed by atoms with van der Waals surface area (Å²) in [6, 6.07) is 17.8. The van der Waals surface area contributed by atoms with E-state index in [0.717, 1.165) is 25.0 Å². The lowest BCUT2D eigenvalue weighted by atomic mass is 10.0. The number of nitrogens with two attached hydrogens (primary N) is 1. The zero-order valence-corrected chi connectivity index (χ0v) is 15.9. The number of hydrogen-bond donors (Lipinski definition) is 2. The molecule has 2 aromatic heterocycles. The average molecular weight is 428 g/mol. The van der Waals surface area contributed by atoms with Crippen LogP contribution in [0.15, 0.2) is 62.9 Å². The molecule has 0 saturated carbocycles. The fourth-order valence-electron chi connectivity index (χ4n) is 2.84. The van der Waals surface area contributed by atoms with Gasteiger partial charge in [-0.05, 0) is 44.4 Å². The van der Waals surface area contributed by atoms with E-state index in [1.54, 1.807) is 0 Å². The Bertz CT molecular complexity index is 1100. The van der Waals surface area contributed by atoms with Crippen LogP contribution < -0.4 is 11.1 Å². The number of rotatable bonds is 4. The smallest absolute Gasteiger partial charge is 0.259 e. The molecule has 0 fully saturated rings. The molecule has 130 valence electrons. The first-order chi connectivity index (χ1) is 12.6. The molecule has 0 radical (unpaired) electrons. The van der Waals surface area contributed by atoms with E-state index in [1.807, 2.05) is 54.6 Å². The molecule has 7 heteroatoms. The number of halogens is 1. The third-order valence-corrected chi connectivity index (χ3v) is 5.70. The van der Waals surface area contributed by atoms with Gasteiger partial charge in [0.25, 0.3) is 5.91 Å². The summed E-state index contributed by atoms with van der Waals surface area (Å²) in [6.45, 7) is 0.387. The van der Waals surface area contributed by atoms with Gasteiger partial charge in [0, 0.05) is 6.54 Å². The maximum absolute atomic E-state index is 12.7. The molecule has 1 amide bonds. The SMILES string of the molecule is Nc1onc(-c2ccc(Br)s2)c1C(=O)NCc1cccc2ccccc12. The van der Waals surface area contributed by atoms with Crippen molar-refractivity contribution in [1.82, 2.24) is 10.5 Å². The molecule has 2 heterocycles. The van der Waals surface area contributed by atoms with E-state index in [1.165, 1.54) is 11.3 Å². The molecule has 0 saturated heterocycles. The molecule has 0 atom stereocenters. The van der Waals surface area contributed by atoms with Crippen molar-refractivity contribution in [2.75, 3.05) is 5.73 Å². The lowest BCUT2D eigenvalue weighted by molar-refractivity contribution is 0.0952. The number of anilines is 1. The van der Waals surface area contributed by atoms with Crippen LogP contribution in [0, 0.1) is 0 Å². The zero-order valence-electron chi connectivity index (χ0n) is 13.5. The Labute approximate surface area is 161 Å². The van der Waals surface area contributed by atoms with Crippen molar-refractivity contribution in [3.8, 4) is 10.6 Å². The number of nitrogen functional groups attached to an aromatic ring is 1. The lowest BCUT2D eigenvalue weighted by Gasteiger charge is -2.08. The number of fused-ring (bicyclic) bond motifs is 1. The van der Waals surface area contributed by atoms with Crippen molar-refractivity contribution >= 4 is 49.8 Å². The summed E-state index contributed by atoms with van der Waals surface area (Å²) in [5, 5.41) is 9.12. The number of nitrogens with one attached hydrogen (secondary N) is 1. The molecule has 0 aliphatic heterocycles. The first-order valence-corrected chi connectivity index (χ1v) is 9.50. The molecule has 0 aliphatic carbocycles. The second-order valence-corrected chi connectivity index (χ2v) is 8.16. The molecule has 0 aliphatic rings. The van der Waals surface area contributed by atoms with Crippen LogP contribution in [0.4, 0.5) is 5.88 Å². The van der Waals surface area contributed by atoms with Gasteiger partial charge in [0.05, 0.1) is 8.66 Å². The van der Waals surface area contributed by atoms with Gasteiger partial charge in [0.1, 0.15) is 11.3 Å². The molecule has 3 N–H and O–H groups in total. The second-order valence-electron chi connectivity index (χ2n) is 5.70. The van der Waals surface area contributed by atoms with Crippen LogP contribution in [-0.2, 0) is 6.54 Å². The van der Waals surface area contributed by atoms with E-state index in [2.05, 4.69) is 26.4 Å². The molecule has 4 rings (SSSR count). The Hall–Kier alpha value is -2.64. The fraction of sp³-hybridized carbons (Fsp3) is 0.0526. The summed E-state index contributed by atoms with van der Waals surface area (Å²) < 4.78 is 6.00. The maximum atomic E-state index is 12.7. The molecule has 26 heavy (non-hydrogen) atoms. The molecule has 0 spiro atoms. The Morgan fingerprint density at radius 3 is 2.77 bits per heavy atom. The van der Waals surface area contributed by atoms with Crippen LogP contribution in [0.5, 0.6) is 0 Å². The van der Waals surface area contributed by atoms with E-state index >= 15 is 0 Å². The molecule has 5 nitrogen and oxygen atoms in total. The summed E-state index contributed by atoms with van der Waals surface area (Å²) in [5.74, 6) is -0.295. The number of aromatic nitrogens is 1. The number of carbonyl (C=O) groups excluding carboxylic acids is 1. The first-order valence-electron chi connectivity index (χ1n) is 7.89. The summed E-state index contributed by atoms with van der Waals surface area (Å²) >= 11 is 4.87. The molecule has 4 aromatic rings. The second kappa shape index (κ2) is 6.93. The molecular weight excluding hydrogens is 414 g/mol. The van der Waals surface area contributed by atoms with E-state index in [9.17, 15) is 4.79 Å². The highest BCUT2D eigenvalue weighted by Crippen LogP contribution is 2.34. The third kappa shape index (κ3) is 3.11. The van der Waals surface area contributed by atoms with Crippen molar-refractivity contribution in [3.05, 3.63) is 69.5 Å². The van der Waals surface area contributed by atoms with Crippen molar-refractivity contribution in [3.63, 3.8) is 0 Å². The first kappa shape index (κ1) is 16.8. The van der Waals surface area contributed by atoms with Crippen LogP contribution in [0.2, 0.25) is 0 Å². The van der Waals surface area contributed by atoms with Crippen LogP contribution in [0.1, 0.15) is 15.9 Å². The van der Waals surface area contributed by atoms with E-state index in [4.69, 9.17) is 10.3 Å². The normalized spacial score (nSPS) is 11.0. The highest BCUT2D eigenvalue weighted by atomic mass is 79.9. The van der Waals surface area contributed by atoms with Gasteiger partial charge in [-0.25, -0.2) is 0 Å². The predicted octanol–water partition coefficient (Wildman–Crippen LogP) is 4.83. The van der Waals surface area contributed by atoms with Crippen molar-refractivity contribution in [2.24, 2.45) is 0 Å². The standard InChI is InChI=1S/C19H14BrN3O2S/c20-15-9-8-14(26-15)17-16(18(21)25-23-17)19(24)22-10-12-6-3-5-11-4-1-2-7-13(11)12/h1-9H,10,21H2,(H,22,24). The van der Waals surface area contributed by atoms with E-state index in [-0.39, 0.29) is 17.4 Å². The van der Waals surface area contributed by atoms with Crippen LogP contribution in [0.25, 0.3) is 21.3 Å². The van der Waals surface area contributed by atoms with Gasteiger partial charge in [-0.2, -0.15) is 0 Å². The molecule has 0 bridgehead atoms. The summed E-state index contributed by atoms with van der Waals surface area (Å²) in [4.78, 5) is 13.6. The summed E-state index contributed by atoms with van der Waals surface area (Å²) in [7, 11) is 0. The zero-order chi connectivity index (χ0) is 18.1. The maximum Gasteiger partial charge on any atom is 0.259 e. The Balaban J connectivity index is 1.60. The van der Waals surface area contributed by atoms with Crippen LogP contribution >= 0.6 is 27.3 Å². The average Bonchev–Trinajstić information content (AvgIpc) is 3.25. The monoisotopic (exact) mass is 427 g/mol. The molecular formula is C19H14BrN3O2S. The van der Waals surface area contributed by atoms with Crippen molar-refractivity contribution in [1.29, 1.82) is 0 Å². The van der Waals surface area contributed by atoms with Gasteiger partial charge in [0.2, 0.25) is 5.88 Å². The largest absolute Gasteiger partial charge is 0.367 e. The van der Waals surface area contributed by atoms with Gasteiger partial charge < -0.3 is 15.6 Å². The van der Waals surface area contributed by atoms with E-state index < -0.39 is 0 Å². The summed E-state index contributed by atoms with van der Waals surface area (Å²) in [5.41, 5.74) is 7.60. The van der Waals surface area contributed by atoms with Crippen LogP contribution in [0.3, 0.4) is 0 Å². The van der Waals surface area contributed by atoms with Crippen LogP contribution in [-0.4, -0.2) is 11.1 Å². The van der Waals surface area contributed by atoms with Gasteiger partial charge in [0.15, 0.2) is 0 Å². The number of thiophene rings is 1. The fourth-order valence-corrected chi connectivity index (χ4v) is 4.22. The molecule has 0 unspecified atom stereocenters. The molecule has 2 aromatic carbocycles. The van der Waals surface area contributed by atoms with Gasteiger partial charge in [-0.15, -0.1) is 11.3 Å². The van der Waals surface area contributed by atoms with Gasteiger partial charge in [-0.3, -0.25) is 4.79 Å². The topological polar surface area (TPSA) is 81.2 Å². The minimum atomic E-state index is -0.309. The van der Waals surface area contributed by atoms with Gasteiger partial charge >= 0.3 is 0 Å². The van der Waals surface area contributed by atoms with Gasteiger partial charge in [-0.1, -0.05) is 47.6 Å². The highest BCUT2D eigenvalue weighted by molar-refractivity contribution is 9.11. The predicted molar refractivity (Wildman–Crippen MR) is 107 cm³/mol. The highest BCUT2D eigenvalue weighted by Gasteiger charge is 2.23. The van der Waals surface area contributed by atoms with Crippen molar-refractivity contribution < 1.29 is 9.32 Å². The number of hydrogen-bond acceptors (Lipinski definition) is 5. The lowest BCUT2D eigenvalue weighted by Crippen LogP contribution is -2.23. The third-order valence-electron chi connectivity index (χ3n) is 4.07. The van der Waals surface area contributed by atoms with Crippen molar-refractivity contribution in [2.45, 2.75) is 6.54 Å². The number of amides is 1.